The van der Waals surface area contributed by atoms with Gasteiger partial charge in [0.15, 0.2) is 0 Å². The summed E-state index contributed by atoms with van der Waals surface area (Å²) in [5.74, 6) is -0.00673. The molecule has 1 N–H and O–H groups in total. The van der Waals surface area contributed by atoms with Gasteiger partial charge in [0.25, 0.3) is 0 Å². The molecule has 1 aromatic carbocycles. The third kappa shape index (κ3) is 2.43. The van der Waals surface area contributed by atoms with Crippen molar-refractivity contribution in [2.75, 3.05) is 7.11 Å². The van der Waals surface area contributed by atoms with Crippen LogP contribution in [0.15, 0.2) is 24.4 Å². The Kier molecular flexibility index (Phi) is 3.27. The predicted molar refractivity (Wildman–Crippen MR) is 74.6 cm³/mol. The molecule has 0 atom stereocenters. The molecule has 0 unspecified atom stereocenters. The summed E-state index contributed by atoms with van der Waals surface area (Å²) in [6.07, 6.45) is 2.44. The first-order valence-corrected chi connectivity index (χ1v) is 6.20. The number of hydrogen-bond donors (Lipinski definition) is 1. The van der Waals surface area contributed by atoms with Gasteiger partial charge in [-0.15, -0.1) is 0 Å². The quantitative estimate of drug-likeness (QED) is 0.920. The number of nitrogens with zero attached hydrogens (tertiary/aromatic N) is 1. The minimum absolute atomic E-state index is 0.472. The Hall–Kier alpha value is -1.97. The topological polar surface area (TPSA) is 51.5 Å². The van der Waals surface area contributed by atoms with Crippen molar-refractivity contribution >= 4 is 16.9 Å². The van der Waals surface area contributed by atoms with Gasteiger partial charge in [-0.3, -0.25) is 4.79 Å². The van der Waals surface area contributed by atoms with Gasteiger partial charge < -0.3 is 14.4 Å². The van der Waals surface area contributed by atoms with Crippen molar-refractivity contribution in [3.63, 3.8) is 0 Å². The highest BCUT2D eigenvalue weighted by molar-refractivity contribution is 5.87. The largest absolute Gasteiger partial charge is 0.496 e. The summed E-state index contributed by atoms with van der Waals surface area (Å²) in [6.45, 7) is 3.47. The first-order valence-electron chi connectivity index (χ1n) is 6.20. The van der Waals surface area contributed by atoms with E-state index in [0.29, 0.717) is 6.42 Å². The van der Waals surface area contributed by atoms with E-state index in [0.717, 1.165) is 22.2 Å². The number of carboxylic acid groups (broad SMARTS) is 1. The molecular weight excluding hydrogens is 242 g/mol. The number of carboxylic acids is 1. The van der Waals surface area contributed by atoms with Crippen LogP contribution < -0.4 is 4.74 Å². The molecule has 0 fully saturated rings. The molecule has 0 saturated heterocycles. The molecule has 2 aromatic rings. The lowest BCUT2D eigenvalue weighted by Gasteiger charge is -2.19. The molecule has 0 amide bonds. The van der Waals surface area contributed by atoms with Crippen LogP contribution in [0.1, 0.15) is 19.4 Å². The van der Waals surface area contributed by atoms with Crippen molar-refractivity contribution in [2.45, 2.75) is 20.3 Å². The Labute approximate surface area is 112 Å². The SMILES string of the molecule is COc1cc(CC(C)(C)C(=O)O)cc2c1ccn2C. The van der Waals surface area contributed by atoms with Gasteiger partial charge in [0, 0.05) is 18.6 Å². The van der Waals surface area contributed by atoms with Crippen LogP contribution in [0.2, 0.25) is 0 Å². The zero-order valence-corrected chi connectivity index (χ0v) is 11.7. The highest BCUT2D eigenvalue weighted by Gasteiger charge is 2.27. The second kappa shape index (κ2) is 4.61. The highest BCUT2D eigenvalue weighted by Crippen LogP contribution is 2.31. The lowest BCUT2D eigenvalue weighted by molar-refractivity contribution is -0.146. The first kappa shape index (κ1) is 13.5. The fourth-order valence-corrected chi connectivity index (χ4v) is 2.25. The maximum atomic E-state index is 11.2. The fourth-order valence-electron chi connectivity index (χ4n) is 2.25. The van der Waals surface area contributed by atoms with Gasteiger partial charge in [0.05, 0.1) is 18.0 Å². The number of benzene rings is 1. The minimum atomic E-state index is -0.793. The molecule has 0 aliphatic heterocycles. The van der Waals surface area contributed by atoms with E-state index < -0.39 is 11.4 Å². The average molecular weight is 261 g/mol. The Balaban J connectivity index is 2.50. The molecule has 1 heterocycles. The van der Waals surface area contributed by atoms with Gasteiger partial charge in [-0.05, 0) is 44.0 Å². The van der Waals surface area contributed by atoms with Crippen molar-refractivity contribution in [3.05, 3.63) is 30.0 Å². The maximum absolute atomic E-state index is 11.2. The summed E-state index contributed by atoms with van der Waals surface area (Å²) in [5.41, 5.74) is 1.23. The summed E-state index contributed by atoms with van der Waals surface area (Å²) in [5, 5.41) is 10.3. The number of hydrogen-bond acceptors (Lipinski definition) is 2. The van der Waals surface area contributed by atoms with Gasteiger partial charge in [0.2, 0.25) is 0 Å². The summed E-state index contributed by atoms with van der Waals surface area (Å²) >= 11 is 0. The Morgan fingerprint density at radius 1 is 1.42 bits per heavy atom. The van der Waals surface area contributed by atoms with E-state index in [9.17, 15) is 9.90 Å². The monoisotopic (exact) mass is 261 g/mol. The van der Waals surface area contributed by atoms with E-state index in [1.54, 1.807) is 21.0 Å². The molecule has 0 aliphatic rings. The van der Waals surface area contributed by atoms with Crippen molar-refractivity contribution in [2.24, 2.45) is 12.5 Å². The van der Waals surface area contributed by atoms with Gasteiger partial charge >= 0.3 is 5.97 Å². The van der Waals surface area contributed by atoms with Crippen molar-refractivity contribution < 1.29 is 14.6 Å². The van der Waals surface area contributed by atoms with E-state index in [-0.39, 0.29) is 0 Å². The van der Waals surface area contributed by atoms with Crippen molar-refractivity contribution in [1.29, 1.82) is 0 Å². The molecule has 0 spiro atoms. The van der Waals surface area contributed by atoms with Crippen LogP contribution in [0, 0.1) is 5.41 Å². The number of ether oxygens (including phenoxy) is 1. The number of aryl methyl sites for hydroxylation is 1. The van der Waals surface area contributed by atoms with Crippen LogP contribution >= 0.6 is 0 Å². The number of aromatic nitrogens is 1. The lowest BCUT2D eigenvalue weighted by atomic mass is 9.85. The number of rotatable bonds is 4. The molecular formula is C15H19NO3. The molecule has 4 nitrogen and oxygen atoms in total. The highest BCUT2D eigenvalue weighted by atomic mass is 16.5. The molecule has 0 bridgehead atoms. The molecule has 1 aromatic heterocycles. The van der Waals surface area contributed by atoms with Crippen LogP contribution in [-0.4, -0.2) is 22.8 Å². The third-order valence-corrected chi connectivity index (χ3v) is 3.47. The predicted octanol–water partition coefficient (Wildman–Crippen LogP) is 2.84. The smallest absolute Gasteiger partial charge is 0.309 e. The van der Waals surface area contributed by atoms with E-state index in [2.05, 4.69) is 0 Å². The zero-order valence-electron chi connectivity index (χ0n) is 11.7. The van der Waals surface area contributed by atoms with Crippen LogP contribution in [0.25, 0.3) is 10.9 Å². The fraction of sp³-hybridized carbons (Fsp3) is 0.400. The molecule has 4 heteroatoms. The number of carbonyl (C=O) groups is 1. The van der Waals surface area contributed by atoms with Crippen LogP contribution in [0.4, 0.5) is 0 Å². The molecule has 102 valence electrons. The Morgan fingerprint density at radius 3 is 2.68 bits per heavy atom. The Morgan fingerprint density at radius 2 is 2.11 bits per heavy atom. The standard InChI is InChI=1S/C15H19NO3/c1-15(2,14(17)18)9-10-7-12-11(5-6-16(12)3)13(8-10)19-4/h5-8H,9H2,1-4H3,(H,17,18). The zero-order chi connectivity index (χ0) is 14.2. The number of aliphatic carboxylic acids is 1. The number of fused-ring (bicyclic) bond motifs is 1. The van der Waals surface area contributed by atoms with Crippen molar-refractivity contribution in [3.8, 4) is 5.75 Å². The van der Waals surface area contributed by atoms with Gasteiger partial charge in [-0.25, -0.2) is 0 Å². The third-order valence-electron chi connectivity index (χ3n) is 3.47. The molecule has 0 radical (unpaired) electrons. The number of methoxy groups -OCH3 is 1. The maximum Gasteiger partial charge on any atom is 0.309 e. The van der Waals surface area contributed by atoms with Crippen LogP contribution in [0.3, 0.4) is 0 Å². The summed E-state index contributed by atoms with van der Waals surface area (Å²) in [6, 6.07) is 5.95. The molecule has 0 aliphatic carbocycles. The van der Waals surface area contributed by atoms with Gasteiger partial charge in [-0.2, -0.15) is 0 Å². The van der Waals surface area contributed by atoms with E-state index in [1.807, 2.05) is 36.0 Å². The van der Waals surface area contributed by atoms with Gasteiger partial charge in [0.1, 0.15) is 5.75 Å². The van der Waals surface area contributed by atoms with E-state index in [1.165, 1.54) is 0 Å². The van der Waals surface area contributed by atoms with Gasteiger partial charge in [-0.1, -0.05) is 0 Å². The molecule has 2 rings (SSSR count). The Bertz CT molecular complexity index is 626. The van der Waals surface area contributed by atoms with Crippen molar-refractivity contribution in [1.82, 2.24) is 4.57 Å². The van der Waals surface area contributed by atoms with Crippen LogP contribution in [-0.2, 0) is 18.3 Å². The molecule has 19 heavy (non-hydrogen) atoms. The normalized spacial score (nSPS) is 11.8. The average Bonchev–Trinajstić information content (AvgIpc) is 2.70. The summed E-state index contributed by atoms with van der Waals surface area (Å²) < 4.78 is 7.40. The summed E-state index contributed by atoms with van der Waals surface area (Å²) in [7, 11) is 3.60. The second-order valence-corrected chi connectivity index (χ2v) is 5.52. The second-order valence-electron chi connectivity index (χ2n) is 5.52. The minimum Gasteiger partial charge on any atom is -0.496 e. The summed E-state index contributed by atoms with van der Waals surface area (Å²) in [4.78, 5) is 11.2. The van der Waals surface area contributed by atoms with Crippen LogP contribution in [0.5, 0.6) is 5.75 Å². The molecule has 0 saturated carbocycles. The van der Waals surface area contributed by atoms with E-state index in [4.69, 9.17) is 4.74 Å². The first-order chi connectivity index (χ1) is 8.85. The lowest BCUT2D eigenvalue weighted by Crippen LogP contribution is -2.26. The van der Waals surface area contributed by atoms with E-state index >= 15 is 0 Å².